The monoisotopic (exact) mass is 419 g/mol. The molecule has 1 fully saturated rings. The van der Waals surface area contributed by atoms with Gasteiger partial charge in [-0.2, -0.15) is 0 Å². The van der Waals surface area contributed by atoms with Crippen molar-refractivity contribution in [2.45, 2.75) is 11.3 Å². The first-order valence-electron chi connectivity index (χ1n) is 9.97. The van der Waals surface area contributed by atoms with Crippen molar-refractivity contribution in [1.29, 1.82) is 0 Å². The van der Waals surface area contributed by atoms with Crippen LogP contribution in [0.4, 0.5) is 0 Å². The molecule has 1 aliphatic rings. The van der Waals surface area contributed by atoms with Crippen molar-refractivity contribution < 1.29 is 14.3 Å². The molecule has 1 heterocycles. The van der Waals surface area contributed by atoms with Gasteiger partial charge in [-0.25, -0.2) is 0 Å². The van der Waals surface area contributed by atoms with Crippen LogP contribution in [0.3, 0.4) is 0 Å². The van der Waals surface area contributed by atoms with Gasteiger partial charge < -0.3 is 14.4 Å². The zero-order valence-corrected chi connectivity index (χ0v) is 18.0. The van der Waals surface area contributed by atoms with Crippen molar-refractivity contribution in [3.63, 3.8) is 0 Å². The minimum atomic E-state index is -0.342. The molecule has 5 heteroatoms. The number of carbonyl (C=O) groups excluding carboxylic acids is 1. The van der Waals surface area contributed by atoms with E-state index in [-0.39, 0.29) is 17.2 Å². The number of hydrogen-bond acceptors (Lipinski definition) is 4. The molecule has 1 unspecified atom stereocenters. The van der Waals surface area contributed by atoms with E-state index in [1.54, 1.807) is 26.0 Å². The van der Waals surface area contributed by atoms with Gasteiger partial charge in [0.25, 0.3) is 0 Å². The predicted molar refractivity (Wildman–Crippen MR) is 121 cm³/mol. The zero-order chi connectivity index (χ0) is 20.9. The Bertz CT molecular complexity index is 954. The van der Waals surface area contributed by atoms with Crippen molar-refractivity contribution in [3.8, 4) is 11.5 Å². The summed E-state index contributed by atoms with van der Waals surface area (Å²) in [5.74, 6) is 2.01. The Morgan fingerprint density at radius 1 is 0.900 bits per heavy atom. The van der Waals surface area contributed by atoms with Crippen LogP contribution in [0.15, 0.2) is 78.9 Å². The van der Waals surface area contributed by atoms with E-state index in [2.05, 4.69) is 0 Å². The molecule has 1 aliphatic heterocycles. The lowest BCUT2D eigenvalue weighted by Crippen LogP contribution is -2.35. The van der Waals surface area contributed by atoms with Crippen LogP contribution in [0.1, 0.15) is 28.0 Å². The van der Waals surface area contributed by atoms with Gasteiger partial charge >= 0.3 is 0 Å². The van der Waals surface area contributed by atoms with Crippen molar-refractivity contribution in [1.82, 2.24) is 4.90 Å². The summed E-state index contributed by atoms with van der Waals surface area (Å²) >= 11 is 1.76. The standard InChI is InChI=1S/C25H25NO3S/c1-28-21-15-9-14-20(23(21)29-2)25-26(16-17-30-25)24(27)22(18-10-5-3-6-11-18)19-12-7-4-8-13-19/h3-15,22,25H,16-17H2,1-2H3. The van der Waals surface area contributed by atoms with Crippen molar-refractivity contribution in [2.75, 3.05) is 26.5 Å². The molecular weight excluding hydrogens is 394 g/mol. The smallest absolute Gasteiger partial charge is 0.235 e. The Labute approximate surface area is 181 Å². The number of para-hydroxylation sites is 1. The molecule has 1 atom stereocenters. The quantitative estimate of drug-likeness (QED) is 0.557. The number of methoxy groups -OCH3 is 2. The molecule has 30 heavy (non-hydrogen) atoms. The van der Waals surface area contributed by atoms with E-state index >= 15 is 0 Å². The summed E-state index contributed by atoms with van der Waals surface area (Å²) in [5, 5.41) is -0.113. The number of rotatable bonds is 6. The molecule has 4 nitrogen and oxygen atoms in total. The molecular formula is C25H25NO3S. The summed E-state index contributed by atoms with van der Waals surface area (Å²) in [6, 6.07) is 25.9. The van der Waals surface area contributed by atoms with Gasteiger partial charge in [0.15, 0.2) is 11.5 Å². The summed E-state index contributed by atoms with van der Waals surface area (Å²) in [6.07, 6.45) is 0. The Morgan fingerprint density at radius 2 is 1.53 bits per heavy atom. The molecule has 0 bridgehead atoms. The zero-order valence-electron chi connectivity index (χ0n) is 17.2. The average molecular weight is 420 g/mol. The first kappa shape index (κ1) is 20.4. The number of amides is 1. The van der Waals surface area contributed by atoms with Gasteiger partial charge in [0.1, 0.15) is 5.37 Å². The van der Waals surface area contributed by atoms with E-state index in [0.717, 1.165) is 22.4 Å². The number of ether oxygens (including phenoxy) is 2. The molecule has 1 saturated heterocycles. The molecule has 4 rings (SSSR count). The number of benzene rings is 3. The highest BCUT2D eigenvalue weighted by molar-refractivity contribution is 7.99. The highest BCUT2D eigenvalue weighted by Crippen LogP contribution is 2.46. The third-order valence-electron chi connectivity index (χ3n) is 5.39. The van der Waals surface area contributed by atoms with Crippen LogP contribution in [0.25, 0.3) is 0 Å². The highest BCUT2D eigenvalue weighted by Gasteiger charge is 2.37. The van der Waals surface area contributed by atoms with E-state index in [1.807, 2.05) is 83.8 Å². The van der Waals surface area contributed by atoms with Crippen LogP contribution in [0, 0.1) is 0 Å². The van der Waals surface area contributed by atoms with Gasteiger partial charge in [0.2, 0.25) is 5.91 Å². The molecule has 1 amide bonds. The van der Waals surface area contributed by atoms with Crippen LogP contribution >= 0.6 is 11.8 Å². The fraction of sp³-hybridized carbons (Fsp3) is 0.240. The molecule has 0 radical (unpaired) electrons. The maximum absolute atomic E-state index is 13.9. The third kappa shape index (κ3) is 3.90. The van der Waals surface area contributed by atoms with Crippen molar-refractivity contribution in [2.24, 2.45) is 0 Å². The molecule has 3 aromatic carbocycles. The van der Waals surface area contributed by atoms with Crippen molar-refractivity contribution >= 4 is 17.7 Å². The van der Waals surface area contributed by atoms with Gasteiger partial charge in [-0.1, -0.05) is 72.8 Å². The van der Waals surface area contributed by atoms with Crippen LogP contribution in [0.2, 0.25) is 0 Å². The minimum absolute atomic E-state index is 0.104. The summed E-state index contributed by atoms with van der Waals surface area (Å²) in [7, 11) is 3.27. The summed E-state index contributed by atoms with van der Waals surface area (Å²) < 4.78 is 11.1. The number of carbonyl (C=O) groups is 1. The van der Waals surface area contributed by atoms with Crippen LogP contribution < -0.4 is 9.47 Å². The first-order chi connectivity index (χ1) is 14.7. The van der Waals surface area contributed by atoms with Crippen LogP contribution in [0.5, 0.6) is 11.5 Å². The molecule has 0 aromatic heterocycles. The molecule has 0 N–H and O–H groups in total. The SMILES string of the molecule is COc1cccc(C2SCCN2C(=O)C(c2ccccc2)c2ccccc2)c1OC. The fourth-order valence-electron chi connectivity index (χ4n) is 3.99. The second-order valence-electron chi connectivity index (χ2n) is 7.09. The van der Waals surface area contributed by atoms with E-state index in [1.165, 1.54) is 0 Å². The third-order valence-corrected chi connectivity index (χ3v) is 6.63. The molecule has 0 spiro atoms. The van der Waals surface area contributed by atoms with Crippen LogP contribution in [-0.2, 0) is 4.79 Å². The lowest BCUT2D eigenvalue weighted by Gasteiger charge is -2.30. The van der Waals surface area contributed by atoms with Gasteiger partial charge in [0.05, 0.1) is 20.1 Å². The summed E-state index contributed by atoms with van der Waals surface area (Å²) in [4.78, 5) is 15.9. The average Bonchev–Trinajstić information content (AvgIpc) is 3.30. The second kappa shape index (κ2) is 9.26. The molecule has 3 aromatic rings. The molecule has 154 valence electrons. The van der Waals surface area contributed by atoms with Gasteiger partial charge in [-0.05, 0) is 17.2 Å². The topological polar surface area (TPSA) is 38.8 Å². The van der Waals surface area contributed by atoms with E-state index in [9.17, 15) is 4.79 Å². The summed E-state index contributed by atoms with van der Waals surface area (Å²) in [5.41, 5.74) is 2.97. The van der Waals surface area contributed by atoms with E-state index in [4.69, 9.17) is 9.47 Å². The lowest BCUT2D eigenvalue weighted by molar-refractivity contribution is -0.132. The minimum Gasteiger partial charge on any atom is -0.493 e. The fourth-order valence-corrected chi connectivity index (χ4v) is 5.27. The van der Waals surface area contributed by atoms with E-state index < -0.39 is 0 Å². The Balaban J connectivity index is 1.74. The number of nitrogens with zero attached hydrogens (tertiary/aromatic N) is 1. The highest BCUT2D eigenvalue weighted by atomic mass is 32.2. The van der Waals surface area contributed by atoms with Crippen LogP contribution in [-0.4, -0.2) is 37.3 Å². The normalized spacial score (nSPS) is 16.0. The Kier molecular flexibility index (Phi) is 6.29. The Morgan fingerprint density at radius 3 is 2.10 bits per heavy atom. The summed E-state index contributed by atoms with van der Waals surface area (Å²) in [6.45, 7) is 0.699. The number of hydrogen-bond donors (Lipinski definition) is 0. The lowest BCUT2D eigenvalue weighted by atomic mass is 9.90. The maximum Gasteiger partial charge on any atom is 0.235 e. The van der Waals surface area contributed by atoms with Gasteiger partial charge in [-0.15, -0.1) is 11.8 Å². The van der Waals surface area contributed by atoms with Gasteiger partial charge in [0, 0.05) is 17.9 Å². The number of thioether (sulfide) groups is 1. The van der Waals surface area contributed by atoms with E-state index in [0.29, 0.717) is 18.0 Å². The molecule has 0 saturated carbocycles. The van der Waals surface area contributed by atoms with Gasteiger partial charge in [-0.3, -0.25) is 4.79 Å². The second-order valence-corrected chi connectivity index (χ2v) is 8.28. The maximum atomic E-state index is 13.9. The van der Waals surface area contributed by atoms with Crippen molar-refractivity contribution in [3.05, 3.63) is 95.6 Å². The Hall–Kier alpha value is -2.92. The first-order valence-corrected chi connectivity index (χ1v) is 11.0. The molecule has 0 aliphatic carbocycles. The largest absolute Gasteiger partial charge is 0.493 e. The predicted octanol–water partition coefficient (Wildman–Crippen LogP) is 5.11.